The van der Waals surface area contributed by atoms with Crippen LogP contribution in [0.1, 0.15) is 15.9 Å². The van der Waals surface area contributed by atoms with E-state index in [0.717, 1.165) is 18.5 Å². The fourth-order valence-corrected chi connectivity index (χ4v) is 1.05. The molecule has 6 heteroatoms. The molecular formula is C10H7F3N2O. The molecule has 84 valence electrons. The van der Waals surface area contributed by atoms with E-state index in [4.69, 9.17) is 6.42 Å². The van der Waals surface area contributed by atoms with Gasteiger partial charge in [-0.15, -0.1) is 6.42 Å². The van der Waals surface area contributed by atoms with Crippen molar-refractivity contribution >= 4 is 5.91 Å². The first-order valence-electron chi connectivity index (χ1n) is 4.19. The van der Waals surface area contributed by atoms with Crippen LogP contribution in [0.5, 0.6) is 0 Å². The van der Waals surface area contributed by atoms with E-state index in [9.17, 15) is 18.0 Å². The maximum absolute atomic E-state index is 12.5. The lowest BCUT2D eigenvalue weighted by molar-refractivity contribution is -0.138. The number of nitrogens with zero attached hydrogens (tertiary/aromatic N) is 1. The van der Waals surface area contributed by atoms with Crippen LogP contribution in [0.25, 0.3) is 0 Å². The van der Waals surface area contributed by atoms with Crippen LogP contribution in [-0.2, 0) is 6.18 Å². The quantitative estimate of drug-likeness (QED) is 0.779. The fourth-order valence-electron chi connectivity index (χ4n) is 1.05. The van der Waals surface area contributed by atoms with E-state index < -0.39 is 23.2 Å². The van der Waals surface area contributed by atoms with Gasteiger partial charge in [-0.1, -0.05) is 5.92 Å². The molecule has 0 unspecified atom stereocenters. The zero-order chi connectivity index (χ0) is 12.2. The Bertz CT molecular complexity index is 434. The molecule has 0 atom stereocenters. The molecule has 0 fully saturated rings. The van der Waals surface area contributed by atoms with Crippen LogP contribution in [0.15, 0.2) is 18.5 Å². The van der Waals surface area contributed by atoms with Crippen molar-refractivity contribution in [2.75, 3.05) is 6.54 Å². The molecule has 0 aromatic carbocycles. The second-order valence-corrected chi connectivity index (χ2v) is 2.81. The number of halogens is 3. The molecule has 0 saturated carbocycles. The van der Waals surface area contributed by atoms with Gasteiger partial charge in [-0.05, 0) is 6.07 Å². The molecule has 0 bridgehead atoms. The van der Waals surface area contributed by atoms with Gasteiger partial charge in [-0.25, -0.2) is 0 Å². The Labute approximate surface area is 89.7 Å². The van der Waals surface area contributed by atoms with Gasteiger partial charge in [0, 0.05) is 12.4 Å². The lowest BCUT2D eigenvalue weighted by Crippen LogP contribution is -2.26. The number of hydrogen-bond donors (Lipinski definition) is 1. The van der Waals surface area contributed by atoms with Gasteiger partial charge in [0.1, 0.15) is 0 Å². The van der Waals surface area contributed by atoms with E-state index in [1.165, 1.54) is 0 Å². The van der Waals surface area contributed by atoms with Gasteiger partial charge in [-0.2, -0.15) is 13.2 Å². The number of carbonyl (C=O) groups is 1. The Morgan fingerprint density at radius 3 is 2.81 bits per heavy atom. The highest BCUT2D eigenvalue weighted by molar-refractivity contribution is 5.95. The first-order valence-corrected chi connectivity index (χ1v) is 4.19. The predicted octanol–water partition coefficient (Wildman–Crippen LogP) is 1.46. The third kappa shape index (κ3) is 2.73. The van der Waals surface area contributed by atoms with Gasteiger partial charge in [-0.3, -0.25) is 9.78 Å². The first-order chi connectivity index (χ1) is 7.46. The molecule has 0 aliphatic heterocycles. The van der Waals surface area contributed by atoms with Crippen LogP contribution in [0.2, 0.25) is 0 Å². The molecule has 0 radical (unpaired) electrons. The highest BCUT2D eigenvalue weighted by Crippen LogP contribution is 2.31. The average Bonchev–Trinajstić information content (AvgIpc) is 2.24. The van der Waals surface area contributed by atoms with Crippen LogP contribution in [0, 0.1) is 12.3 Å². The summed E-state index contributed by atoms with van der Waals surface area (Å²) in [5.41, 5.74) is -1.57. The van der Waals surface area contributed by atoms with Gasteiger partial charge in [0.2, 0.25) is 0 Å². The van der Waals surface area contributed by atoms with E-state index in [-0.39, 0.29) is 6.54 Å². The first kappa shape index (κ1) is 12.0. The van der Waals surface area contributed by atoms with Crippen molar-refractivity contribution in [3.05, 3.63) is 29.6 Å². The largest absolute Gasteiger partial charge is 0.417 e. The molecule has 0 saturated heterocycles. The SMILES string of the molecule is C#CCNC(=O)c1cnccc1C(F)(F)F. The summed E-state index contributed by atoms with van der Waals surface area (Å²) in [5.74, 6) is 1.20. The van der Waals surface area contributed by atoms with Crippen LogP contribution in [-0.4, -0.2) is 17.4 Å². The van der Waals surface area contributed by atoms with E-state index >= 15 is 0 Å². The number of alkyl halides is 3. The summed E-state index contributed by atoms with van der Waals surface area (Å²) < 4.78 is 37.4. The second-order valence-electron chi connectivity index (χ2n) is 2.81. The minimum atomic E-state index is -4.59. The highest BCUT2D eigenvalue weighted by Gasteiger charge is 2.35. The lowest BCUT2D eigenvalue weighted by atomic mass is 10.1. The highest BCUT2D eigenvalue weighted by atomic mass is 19.4. The second kappa shape index (κ2) is 4.66. The number of hydrogen-bond acceptors (Lipinski definition) is 2. The number of rotatable bonds is 2. The van der Waals surface area contributed by atoms with E-state index in [0.29, 0.717) is 0 Å². The number of amides is 1. The zero-order valence-corrected chi connectivity index (χ0v) is 8.01. The molecule has 3 nitrogen and oxygen atoms in total. The Hall–Kier alpha value is -2.03. The van der Waals surface area contributed by atoms with Crippen LogP contribution in [0.4, 0.5) is 13.2 Å². The summed E-state index contributed by atoms with van der Waals surface area (Å²) >= 11 is 0. The molecule has 0 aliphatic carbocycles. The van der Waals surface area contributed by atoms with Gasteiger partial charge in [0.25, 0.3) is 5.91 Å². The van der Waals surface area contributed by atoms with Crippen LogP contribution < -0.4 is 5.32 Å². The maximum Gasteiger partial charge on any atom is 0.417 e. The van der Waals surface area contributed by atoms with Crippen LogP contribution in [0.3, 0.4) is 0 Å². The Kier molecular flexibility index (Phi) is 3.51. The Balaban J connectivity index is 3.05. The van der Waals surface area contributed by atoms with Crippen molar-refractivity contribution in [2.24, 2.45) is 0 Å². The molecule has 0 spiro atoms. The minimum Gasteiger partial charge on any atom is -0.341 e. The minimum absolute atomic E-state index is 0.134. The van der Waals surface area contributed by atoms with Crippen molar-refractivity contribution in [2.45, 2.75) is 6.18 Å². The van der Waals surface area contributed by atoms with E-state index in [1.54, 1.807) is 0 Å². The topological polar surface area (TPSA) is 42.0 Å². The molecule has 1 rings (SSSR count). The Morgan fingerprint density at radius 1 is 1.56 bits per heavy atom. The Morgan fingerprint density at radius 2 is 2.25 bits per heavy atom. The molecule has 1 heterocycles. The van der Waals surface area contributed by atoms with Crippen LogP contribution >= 0.6 is 0 Å². The number of aromatic nitrogens is 1. The molecule has 1 aromatic rings. The molecule has 1 amide bonds. The van der Waals surface area contributed by atoms with Crippen molar-refractivity contribution < 1.29 is 18.0 Å². The van der Waals surface area contributed by atoms with Crippen molar-refractivity contribution in [3.8, 4) is 12.3 Å². The summed E-state index contributed by atoms with van der Waals surface area (Å²) in [6, 6.07) is 0.741. The van der Waals surface area contributed by atoms with E-state index in [1.807, 2.05) is 0 Å². The lowest BCUT2D eigenvalue weighted by Gasteiger charge is -2.10. The smallest absolute Gasteiger partial charge is 0.341 e. The number of carbonyl (C=O) groups excluding carboxylic acids is 1. The summed E-state index contributed by atoms with van der Waals surface area (Å²) in [7, 11) is 0. The van der Waals surface area contributed by atoms with Crippen molar-refractivity contribution in [1.82, 2.24) is 10.3 Å². The van der Waals surface area contributed by atoms with Crippen molar-refractivity contribution in [3.63, 3.8) is 0 Å². The summed E-state index contributed by atoms with van der Waals surface area (Å²) in [4.78, 5) is 14.8. The van der Waals surface area contributed by atoms with Gasteiger partial charge < -0.3 is 5.32 Å². The monoisotopic (exact) mass is 228 g/mol. The van der Waals surface area contributed by atoms with Gasteiger partial charge in [0.05, 0.1) is 17.7 Å². The fraction of sp³-hybridized carbons (Fsp3) is 0.200. The third-order valence-electron chi connectivity index (χ3n) is 1.72. The summed E-state index contributed by atoms with van der Waals surface area (Å²) in [5, 5.41) is 2.15. The standard InChI is InChI=1S/C10H7F3N2O/c1-2-4-15-9(16)7-6-14-5-3-8(7)10(11,12)13/h1,3,5-6H,4H2,(H,15,16). The maximum atomic E-state index is 12.5. The summed E-state index contributed by atoms with van der Waals surface area (Å²) in [6.45, 7) is -0.134. The number of nitrogens with one attached hydrogen (secondary N) is 1. The normalized spacial score (nSPS) is 10.6. The third-order valence-corrected chi connectivity index (χ3v) is 1.72. The van der Waals surface area contributed by atoms with Gasteiger partial charge >= 0.3 is 6.18 Å². The van der Waals surface area contributed by atoms with E-state index in [2.05, 4.69) is 16.2 Å². The zero-order valence-electron chi connectivity index (χ0n) is 8.01. The van der Waals surface area contributed by atoms with Gasteiger partial charge in [0.15, 0.2) is 0 Å². The summed E-state index contributed by atoms with van der Waals surface area (Å²) in [6.07, 6.45) is 2.11. The predicted molar refractivity (Wildman–Crippen MR) is 50.4 cm³/mol. The molecular weight excluding hydrogens is 221 g/mol. The average molecular weight is 228 g/mol. The molecule has 16 heavy (non-hydrogen) atoms. The number of pyridine rings is 1. The molecule has 1 aromatic heterocycles. The number of terminal acetylenes is 1. The van der Waals surface area contributed by atoms with Crippen molar-refractivity contribution in [1.29, 1.82) is 0 Å². The molecule has 0 aliphatic rings. The molecule has 1 N–H and O–H groups in total.